The first-order chi connectivity index (χ1) is 9.63. The third kappa shape index (κ3) is 6.54. The molecule has 1 aromatic carbocycles. The van der Waals surface area contributed by atoms with E-state index in [-0.39, 0.29) is 18.4 Å². The molecule has 0 heterocycles. The Bertz CT molecular complexity index is 435. The first kappa shape index (κ1) is 16.5. The number of amides is 2. The molecule has 1 rings (SSSR count). The van der Waals surface area contributed by atoms with E-state index in [0.717, 1.165) is 0 Å². The fourth-order valence-corrected chi connectivity index (χ4v) is 1.68. The van der Waals surface area contributed by atoms with Crippen molar-refractivity contribution < 1.29 is 14.7 Å². The van der Waals surface area contributed by atoms with Gasteiger partial charge in [0.05, 0.1) is 0 Å². The van der Waals surface area contributed by atoms with E-state index in [9.17, 15) is 9.59 Å². The van der Waals surface area contributed by atoms with Gasteiger partial charge in [-0.3, -0.25) is 9.59 Å². The lowest BCUT2D eigenvalue weighted by Crippen LogP contribution is -2.28. The maximum absolute atomic E-state index is 11.7. The van der Waals surface area contributed by atoms with Crippen LogP contribution in [0.4, 0.5) is 0 Å². The monoisotopic (exact) mass is 298 g/mol. The van der Waals surface area contributed by atoms with Gasteiger partial charge in [0, 0.05) is 36.7 Å². The molecule has 20 heavy (non-hydrogen) atoms. The van der Waals surface area contributed by atoms with Crippen molar-refractivity contribution >= 4 is 23.4 Å². The predicted molar refractivity (Wildman–Crippen MR) is 77.7 cm³/mol. The summed E-state index contributed by atoms with van der Waals surface area (Å²) in [6, 6.07) is 6.62. The fourth-order valence-electron chi connectivity index (χ4n) is 1.55. The quantitative estimate of drug-likeness (QED) is 0.634. The number of aliphatic hydroxyl groups excluding tert-OH is 1. The summed E-state index contributed by atoms with van der Waals surface area (Å²) in [5, 5.41) is 14.6. The van der Waals surface area contributed by atoms with Crippen molar-refractivity contribution in [2.45, 2.75) is 19.3 Å². The van der Waals surface area contributed by atoms with Crippen LogP contribution in [0.15, 0.2) is 24.3 Å². The maximum atomic E-state index is 11.7. The molecule has 0 fully saturated rings. The van der Waals surface area contributed by atoms with E-state index in [2.05, 4.69) is 10.6 Å². The van der Waals surface area contributed by atoms with Gasteiger partial charge < -0.3 is 15.7 Å². The minimum atomic E-state index is -0.178. The molecular formula is C14H19ClN2O3. The van der Waals surface area contributed by atoms with E-state index in [1.807, 2.05) is 0 Å². The van der Waals surface area contributed by atoms with Crippen LogP contribution in [0.5, 0.6) is 0 Å². The second-order valence-corrected chi connectivity index (χ2v) is 4.73. The molecule has 0 aliphatic carbocycles. The molecule has 2 amide bonds. The molecule has 0 aliphatic rings. The second-order valence-electron chi connectivity index (χ2n) is 4.29. The molecule has 3 N–H and O–H groups in total. The van der Waals surface area contributed by atoms with Gasteiger partial charge in [0.2, 0.25) is 5.91 Å². The van der Waals surface area contributed by atoms with Gasteiger partial charge in [-0.05, 0) is 37.1 Å². The summed E-state index contributed by atoms with van der Waals surface area (Å²) in [6.07, 6.45) is 1.48. The van der Waals surface area contributed by atoms with Crippen molar-refractivity contribution in [1.82, 2.24) is 10.6 Å². The average Bonchev–Trinajstić information content (AvgIpc) is 2.44. The smallest absolute Gasteiger partial charge is 0.251 e. The van der Waals surface area contributed by atoms with Crippen molar-refractivity contribution in [3.63, 3.8) is 0 Å². The lowest BCUT2D eigenvalue weighted by atomic mass is 10.2. The first-order valence-electron chi connectivity index (χ1n) is 6.55. The van der Waals surface area contributed by atoms with Crippen LogP contribution in [0.3, 0.4) is 0 Å². The summed E-state index contributed by atoms with van der Waals surface area (Å²) < 4.78 is 0. The zero-order valence-corrected chi connectivity index (χ0v) is 11.9. The number of benzene rings is 1. The van der Waals surface area contributed by atoms with Gasteiger partial charge in [-0.2, -0.15) is 0 Å². The van der Waals surface area contributed by atoms with Crippen molar-refractivity contribution in [2.75, 3.05) is 19.7 Å². The van der Waals surface area contributed by atoms with Crippen LogP contribution >= 0.6 is 11.6 Å². The van der Waals surface area contributed by atoms with E-state index in [1.54, 1.807) is 24.3 Å². The van der Waals surface area contributed by atoms with Crippen LogP contribution in [0.1, 0.15) is 29.6 Å². The minimum absolute atomic E-state index is 0.0669. The molecule has 0 saturated heterocycles. The van der Waals surface area contributed by atoms with Gasteiger partial charge in [0.1, 0.15) is 0 Å². The lowest BCUT2D eigenvalue weighted by Gasteiger charge is -2.06. The molecule has 0 atom stereocenters. The SMILES string of the molecule is O=C(CCCNC(=O)c1ccc(Cl)cc1)NCCCO. The minimum Gasteiger partial charge on any atom is -0.396 e. The molecule has 5 nitrogen and oxygen atoms in total. The Kier molecular flexibility index (Phi) is 7.69. The van der Waals surface area contributed by atoms with Crippen LogP contribution in [0, 0.1) is 0 Å². The van der Waals surface area contributed by atoms with Crippen LogP contribution in [-0.4, -0.2) is 36.6 Å². The number of halogens is 1. The number of carbonyl (C=O) groups excluding carboxylic acids is 2. The summed E-state index contributed by atoms with van der Waals surface area (Å²) >= 11 is 5.74. The standard InChI is InChI=1S/C14H19ClN2O3/c15-12-6-4-11(5-7-12)14(20)17-8-1-3-13(19)16-9-2-10-18/h4-7,18H,1-3,8-10H2,(H,16,19)(H,17,20). The number of hydrogen-bond donors (Lipinski definition) is 3. The highest BCUT2D eigenvalue weighted by molar-refractivity contribution is 6.30. The molecular weight excluding hydrogens is 280 g/mol. The van der Waals surface area contributed by atoms with Crippen molar-refractivity contribution in [1.29, 1.82) is 0 Å². The van der Waals surface area contributed by atoms with Gasteiger partial charge in [0.25, 0.3) is 5.91 Å². The summed E-state index contributed by atoms with van der Waals surface area (Å²) in [4.78, 5) is 23.1. The molecule has 0 aliphatic heterocycles. The van der Waals surface area contributed by atoms with Crippen molar-refractivity contribution in [2.24, 2.45) is 0 Å². The van der Waals surface area contributed by atoms with Crippen LogP contribution in [-0.2, 0) is 4.79 Å². The van der Waals surface area contributed by atoms with E-state index in [1.165, 1.54) is 0 Å². The molecule has 110 valence electrons. The number of aliphatic hydroxyl groups is 1. The topological polar surface area (TPSA) is 78.4 Å². The number of hydrogen-bond acceptors (Lipinski definition) is 3. The van der Waals surface area contributed by atoms with Crippen LogP contribution in [0.25, 0.3) is 0 Å². The van der Waals surface area contributed by atoms with Gasteiger partial charge in [-0.15, -0.1) is 0 Å². The Morgan fingerprint density at radius 1 is 1.05 bits per heavy atom. The van der Waals surface area contributed by atoms with Crippen LogP contribution < -0.4 is 10.6 Å². The summed E-state index contributed by atoms with van der Waals surface area (Å²) in [5.41, 5.74) is 0.543. The van der Waals surface area contributed by atoms with Gasteiger partial charge in [0.15, 0.2) is 0 Å². The fraction of sp³-hybridized carbons (Fsp3) is 0.429. The van der Waals surface area contributed by atoms with Crippen molar-refractivity contribution in [3.05, 3.63) is 34.9 Å². The molecule has 6 heteroatoms. The third-order valence-electron chi connectivity index (χ3n) is 2.63. The largest absolute Gasteiger partial charge is 0.396 e. The zero-order valence-electron chi connectivity index (χ0n) is 11.2. The van der Waals surface area contributed by atoms with E-state index in [0.29, 0.717) is 42.9 Å². The van der Waals surface area contributed by atoms with E-state index < -0.39 is 0 Å². The van der Waals surface area contributed by atoms with E-state index >= 15 is 0 Å². The highest BCUT2D eigenvalue weighted by atomic mass is 35.5. The van der Waals surface area contributed by atoms with Gasteiger partial charge in [-0.25, -0.2) is 0 Å². The molecule has 0 bridgehead atoms. The Hall–Kier alpha value is -1.59. The Balaban J connectivity index is 2.16. The number of rotatable bonds is 8. The molecule has 1 aromatic rings. The van der Waals surface area contributed by atoms with Gasteiger partial charge in [-0.1, -0.05) is 11.6 Å². The average molecular weight is 299 g/mol. The second kappa shape index (κ2) is 9.34. The summed E-state index contributed by atoms with van der Waals surface area (Å²) in [5.74, 6) is -0.249. The molecule has 0 spiro atoms. The number of carbonyl (C=O) groups is 2. The molecule has 0 saturated carbocycles. The molecule has 0 aromatic heterocycles. The third-order valence-corrected chi connectivity index (χ3v) is 2.88. The van der Waals surface area contributed by atoms with Gasteiger partial charge >= 0.3 is 0 Å². The highest BCUT2D eigenvalue weighted by Gasteiger charge is 2.05. The van der Waals surface area contributed by atoms with Crippen molar-refractivity contribution in [3.8, 4) is 0 Å². The highest BCUT2D eigenvalue weighted by Crippen LogP contribution is 2.09. The normalized spacial score (nSPS) is 10.1. The summed E-state index contributed by atoms with van der Waals surface area (Å²) in [6.45, 7) is 0.985. The zero-order chi connectivity index (χ0) is 14.8. The molecule has 0 unspecified atom stereocenters. The lowest BCUT2D eigenvalue weighted by molar-refractivity contribution is -0.121. The Morgan fingerprint density at radius 2 is 1.70 bits per heavy atom. The first-order valence-corrected chi connectivity index (χ1v) is 6.92. The van der Waals surface area contributed by atoms with Crippen LogP contribution in [0.2, 0.25) is 5.02 Å². The number of nitrogens with one attached hydrogen (secondary N) is 2. The Morgan fingerprint density at radius 3 is 2.35 bits per heavy atom. The Labute approximate surface area is 123 Å². The maximum Gasteiger partial charge on any atom is 0.251 e. The predicted octanol–water partition coefficient (Wildman–Crippen LogP) is 1.35. The van der Waals surface area contributed by atoms with E-state index in [4.69, 9.17) is 16.7 Å². The summed E-state index contributed by atoms with van der Waals surface area (Å²) in [7, 11) is 0. The molecule has 0 radical (unpaired) electrons.